The summed E-state index contributed by atoms with van der Waals surface area (Å²) in [5.41, 5.74) is 1.55. The number of aromatic nitrogens is 2. The summed E-state index contributed by atoms with van der Waals surface area (Å²) in [6.45, 7) is 0. The van der Waals surface area contributed by atoms with Crippen LogP contribution in [0.25, 0.3) is 10.9 Å². The van der Waals surface area contributed by atoms with E-state index in [2.05, 4.69) is 21.0 Å². The molecule has 0 bridgehead atoms. The second-order valence-electron chi connectivity index (χ2n) is 4.20. The Morgan fingerprint density at radius 1 is 1.53 bits per heavy atom. The maximum Gasteiger partial charge on any atom is 0.338 e. The highest BCUT2D eigenvalue weighted by molar-refractivity contribution is 9.10. The van der Waals surface area contributed by atoms with Crippen molar-refractivity contribution in [3.8, 4) is 0 Å². The van der Waals surface area contributed by atoms with E-state index in [9.17, 15) is 4.79 Å². The van der Waals surface area contributed by atoms with Crippen LogP contribution in [0.3, 0.4) is 0 Å². The van der Waals surface area contributed by atoms with Gasteiger partial charge in [0.2, 0.25) is 0 Å². The molecule has 0 unspecified atom stereocenters. The van der Waals surface area contributed by atoms with Gasteiger partial charge in [-0.2, -0.15) is 5.10 Å². The van der Waals surface area contributed by atoms with Gasteiger partial charge in [0.15, 0.2) is 0 Å². The maximum absolute atomic E-state index is 11.7. The van der Waals surface area contributed by atoms with Crippen LogP contribution in [-0.4, -0.2) is 22.9 Å². The number of nitrogens with zero attached hydrogens (tertiary/aromatic N) is 2. The number of esters is 1. The molecule has 1 aromatic carbocycles. The molecule has 1 saturated carbocycles. The van der Waals surface area contributed by atoms with Gasteiger partial charge in [-0.25, -0.2) is 4.79 Å². The summed E-state index contributed by atoms with van der Waals surface area (Å²) >= 11 is 3.42. The van der Waals surface area contributed by atoms with E-state index >= 15 is 0 Å². The quantitative estimate of drug-likeness (QED) is 0.800. The van der Waals surface area contributed by atoms with Crippen molar-refractivity contribution in [2.24, 2.45) is 0 Å². The summed E-state index contributed by atoms with van der Waals surface area (Å²) in [7, 11) is 1.39. The molecule has 1 aromatic heterocycles. The third kappa shape index (κ3) is 1.74. The van der Waals surface area contributed by atoms with Crippen LogP contribution >= 0.6 is 15.9 Å². The summed E-state index contributed by atoms with van der Waals surface area (Å²) in [5, 5.41) is 5.22. The van der Waals surface area contributed by atoms with Gasteiger partial charge in [0.1, 0.15) is 0 Å². The molecule has 2 aromatic rings. The Kier molecular flexibility index (Phi) is 2.43. The molecule has 1 heterocycles. The van der Waals surface area contributed by atoms with E-state index < -0.39 is 0 Å². The molecule has 0 N–H and O–H groups in total. The van der Waals surface area contributed by atoms with Crippen molar-refractivity contribution in [1.82, 2.24) is 9.78 Å². The van der Waals surface area contributed by atoms with Gasteiger partial charge >= 0.3 is 5.97 Å². The zero-order valence-corrected chi connectivity index (χ0v) is 10.9. The van der Waals surface area contributed by atoms with Crippen LogP contribution in [0.5, 0.6) is 0 Å². The number of benzene rings is 1. The number of halogens is 1. The van der Waals surface area contributed by atoms with Crippen molar-refractivity contribution in [3.63, 3.8) is 0 Å². The van der Waals surface area contributed by atoms with Crippen LogP contribution in [0.2, 0.25) is 0 Å². The van der Waals surface area contributed by atoms with Crippen molar-refractivity contribution >= 4 is 32.8 Å². The van der Waals surface area contributed by atoms with Crippen LogP contribution in [0.1, 0.15) is 29.2 Å². The van der Waals surface area contributed by atoms with Gasteiger partial charge in [-0.05, 0) is 25.0 Å². The fraction of sp³-hybridized carbons (Fsp3) is 0.333. The summed E-state index contributed by atoms with van der Waals surface area (Å²) in [4.78, 5) is 11.7. The topological polar surface area (TPSA) is 44.1 Å². The summed E-state index contributed by atoms with van der Waals surface area (Å²) in [5.74, 6) is -0.327. The lowest BCUT2D eigenvalue weighted by Crippen LogP contribution is -2.02. The lowest BCUT2D eigenvalue weighted by Gasteiger charge is -2.04. The highest BCUT2D eigenvalue weighted by atomic mass is 79.9. The smallest absolute Gasteiger partial charge is 0.338 e. The van der Waals surface area contributed by atoms with Crippen molar-refractivity contribution in [2.75, 3.05) is 7.11 Å². The van der Waals surface area contributed by atoms with E-state index in [1.54, 1.807) is 12.3 Å². The molecule has 0 amide bonds. The van der Waals surface area contributed by atoms with Gasteiger partial charge in [-0.15, -0.1) is 0 Å². The van der Waals surface area contributed by atoms with Crippen LogP contribution in [0.4, 0.5) is 0 Å². The number of fused-ring (bicyclic) bond motifs is 1. The maximum atomic E-state index is 11.7. The van der Waals surface area contributed by atoms with E-state index in [-0.39, 0.29) is 5.97 Å². The fourth-order valence-corrected chi connectivity index (χ4v) is 2.45. The zero-order valence-electron chi connectivity index (χ0n) is 9.31. The van der Waals surface area contributed by atoms with E-state index in [4.69, 9.17) is 4.74 Å². The van der Waals surface area contributed by atoms with Gasteiger partial charge in [-0.3, -0.25) is 4.68 Å². The van der Waals surface area contributed by atoms with Crippen molar-refractivity contribution in [3.05, 3.63) is 28.4 Å². The normalized spacial score (nSPS) is 15.2. The molecule has 0 spiro atoms. The molecule has 3 rings (SSSR count). The van der Waals surface area contributed by atoms with Crippen LogP contribution in [-0.2, 0) is 4.74 Å². The van der Waals surface area contributed by atoms with Gasteiger partial charge in [-0.1, -0.05) is 15.9 Å². The average Bonchev–Trinajstić information content (AvgIpc) is 3.08. The molecule has 88 valence electrons. The van der Waals surface area contributed by atoms with Crippen molar-refractivity contribution in [1.29, 1.82) is 0 Å². The Balaban J connectivity index is 2.25. The first kappa shape index (κ1) is 10.8. The monoisotopic (exact) mass is 294 g/mol. The Morgan fingerprint density at radius 2 is 2.29 bits per heavy atom. The van der Waals surface area contributed by atoms with Crippen LogP contribution in [0.15, 0.2) is 22.8 Å². The number of hydrogen-bond donors (Lipinski definition) is 0. The number of methoxy groups -OCH3 is 1. The second kappa shape index (κ2) is 3.84. The molecule has 4 nitrogen and oxygen atoms in total. The zero-order chi connectivity index (χ0) is 12.0. The van der Waals surface area contributed by atoms with Crippen molar-refractivity contribution in [2.45, 2.75) is 18.9 Å². The highest BCUT2D eigenvalue weighted by Gasteiger charge is 2.27. The van der Waals surface area contributed by atoms with Gasteiger partial charge in [0.05, 0.1) is 30.4 Å². The minimum Gasteiger partial charge on any atom is -0.465 e. The third-order valence-corrected chi connectivity index (χ3v) is 3.44. The van der Waals surface area contributed by atoms with E-state index in [0.29, 0.717) is 11.6 Å². The van der Waals surface area contributed by atoms with E-state index in [0.717, 1.165) is 28.2 Å². The molecule has 17 heavy (non-hydrogen) atoms. The van der Waals surface area contributed by atoms with Crippen molar-refractivity contribution < 1.29 is 9.53 Å². The predicted molar refractivity (Wildman–Crippen MR) is 67.0 cm³/mol. The Hall–Kier alpha value is -1.36. The molecular formula is C12H11BrN2O2. The molecule has 5 heteroatoms. The van der Waals surface area contributed by atoms with Crippen LogP contribution in [0, 0.1) is 0 Å². The molecule has 1 aliphatic carbocycles. The van der Waals surface area contributed by atoms with E-state index in [1.807, 2.05) is 10.7 Å². The number of rotatable bonds is 2. The number of ether oxygens (including phenoxy) is 1. The first-order chi connectivity index (χ1) is 8.20. The molecule has 0 atom stereocenters. The Bertz CT molecular complexity index is 602. The molecule has 0 aliphatic heterocycles. The first-order valence-electron chi connectivity index (χ1n) is 5.46. The number of hydrogen-bond acceptors (Lipinski definition) is 3. The number of carbonyl (C=O) groups is 1. The largest absolute Gasteiger partial charge is 0.465 e. The van der Waals surface area contributed by atoms with Gasteiger partial charge < -0.3 is 4.74 Å². The fourth-order valence-electron chi connectivity index (χ4n) is 2.00. The van der Waals surface area contributed by atoms with Gasteiger partial charge in [0, 0.05) is 9.86 Å². The molecule has 0 saturated heterocycles. The van der Waals surface area contributed by atoms with Gasteiger partial charge in [0.25, 0.3) is 0 Å². The Labute approximate surface area is 107 Å². The lowest BCUT2D eigenvalue weighted by atomic mass is 10.1. The minimum atomic E-state index is -0.327. The minimum absolute atomic E-state index is 0.327. The summed E-state index contributed by atoms with van der Waals surface area (Å²) in [6, 6.07) is 4.26. The summed E-state index contributed by atoms with van der Waals surface area (Å²) < 4.78 is 7.65. The molecule has 1 aliphatic rings. The highest BCUT2D eigenvalue weighted by Crippen LogP contribution is 2.37. The predicted octanol–water partition coefficient (Wildman–Crippen LogP) is 2.92. The average molecular weight is 295 g/mol. The second-order valence-corrected chi connectivity index (χ2v) is 5.11. The Morgan fingerprint density at radius 3 is 2.94 bits per heavy atom. The molecule has 1 fully saturated rings. The van der Waals surface area contributed by atoms with E-state index in [1.165, 1.54) is 7.11 Å². The third-order valence-electron chi connectivity index (χ3n) is 2.98. The van der Waals surface area contributed by atoms with Crippen LogP contribution < -0.4 is 0 Å². The molecular weight excluding hydrogens is 284 g/mol. The number of carbonyl (C=O) groups excluding carboxylic acids is 1. The molecule has 0 radical (unpaired) electrons. The summed E-state index contributed by atoms with van der Waals surface area (Å²) in [6.07, 6.45) is 4.07. The SMILES string of the molecule is COC(=O)c1cc(Br)cc2c1cnn2C1CC1. The standard InChI is InChI=1S/C12H11BrN2O2/c1-17-12(16)9-4-7(13)5-11-10(9)6-14-15(11)8-2-3-8/h4-6,8H,2-3H2,1H3. The lowest BCUT2D eigenvalue weighted by molar-refractivity contribution is 0.0603. The first-order valence-corrected chi connectivity index (χ1v) is 6.25.